The van der Waals surface area contributed by atoms with Crippen molar-refractivity contribution in [3.8, 4) is 0 Å². The van der Waals surface area contributed by atoms with Crippen LogP contribution >= 0.6 is 0 Å². The third-order valence-electron chi connectivity index (χ3n) is 3.79. The Kier molecular flexibility index (Phi) is 10.1. The number of aliphatic hydroxyl groups is 3. The van der Waals surface area contributed by atoms with Gasteiger partial charge in [0.15, 0.2) is 0 Å². The number of methoxy groups -OCH3 is 2. The molecule has 132 valence electrons. The van der Waals surface area contributed by atoms with E-state index in [0.29, 0.717) is 46.1 Å². The molecule has 0 aromatic rings. The molecule has 8 heteroatoms. The van der Waals surface area contributed by atoms with Gasteiger partial charge in [-0.05, 0) is 0 Å². The minimum absolute atomic E-state index is 0.201. The second-order valence-corrected chi connectivity index (χ2v) is 5.22. The Balaban J connectivity index is 2.23. The highest BCUT2D eigenvalue weighted by Crippen LogP contribution is 2.20. The van der Waals surface area contributed by atoms with Crippen LogP contribution in [0.15, 0.2) is 0 Å². The summed E-state index contributed by atoms with van der Waals surface area (Å²) in [6, 6.07) is -0.463. The van der Waals surface area contributed by atoms with Gasteiger partial charge in [0.2, 0.25) is 0 Å². The summed E-state index contributed by atoms with van der Waals surface area (Å²) >= 11 is 0. The number of piperidine rings is 1. The maximum atomic E-state index is 10.1. The van der Waals surface area contributed by atoms with Crippen LogP contribution in [0.2, 0.25) is 0 Å². The van der Waals surface area contributed by atoms with Crippen molar-refractivity contribution in [2.24, 2.45) is 0 Å². The molecule has 8 nitrogen and oxygen atoms in total. The van der Waals surface area contributed by atoms with Crippen molar-refractivity contribution in [2.75, 3.05) is 67.0 Å². The van der Waals surface area contributed by atoms with Crippen LogP contribution in [-0.2, 0) is 18.9 Å². The number of rotatable bonds is 11. The molecule has 4 atom stereocenters. The van der Waals surface area contributed by atoms with E-state index in [4.69, 9.17) is 18.9 Å². The van der Waals surface area contributed by atoms with Crippen molar-refractivity contribution in [3.63, 3.8) is 0 Å². The van der Waals surface area contributed by atoms with Gasteiger partial charge in [-0.25, -0.2) is 0 Å². The molecular weight excluding hydrogens is 294 g/mol. The lowest BCUT2D eigenvalue weighted by atomic mass is 9.94. The molecule has 0 bridgehead atoms. The summed E-state index contributed by atoms with van der Waals surface area (Å²) in [5, 5.41) is 29.5. The van der Waals surface area contributed by atoms with Crippen molar-refractivity contribution in [1.29, 1.82) is 0 Å². The van der Waals surface area contributed by atoms with E-state index in [9.17, 15) is 15.3 Å². The summed E-state index contributed by atoms with van der Waals surface area (Å²) in [7, 11) is 3.06. The number of likely N-dealkylation sites (tertiary alicyclic amines) is 1. The number of β-amino-alcohol motifs (C(OH)–C–C–N with tert-alkyl or cyclic N) is 1. The minimum atomic E-state index is -0.934. The SMILES string of the molecule is COCCOCCOCCN1C[C@H](O)[C@@H](OC)[C@H](O)[C@H]1CO. The summed E-state index contributed by atoms with van der Waals surface area (Å²) in [5.41, 5.74) is 0. The van der Waals surface area contributed by atoms with Crippen LogP contribution in [0.3, 0.4) is 0 Å². The summed E-state index contributed by atoms with van der Waals surface area (Å²) < 4.78 is 20.7. The maximum absolute atomic E-state index is 10.1. The average Bonchev–Trinajstić information content (AvgIpc) is 2.50. The number of hydrogen-bond donors (Lipinski definition) is 3. The van der Waals surface area contributed by atoms with E-state index < -0.39 is 24.4 Å². The standard InChI is InChI=1S/C14H29NO7/c1-19-5-6-22-8-7-21-4-3-15-9-12(17)14(20-2)13(18)11(15)10-16/h11-14,16-18H,3-10H2,1-2H3/t11-,12+,13-,14-/m1/s1. The monoisotopic (exact) mass is 323 g/mol. The minimum Gasteiger partial charge on any atom is -0.395 e. The van der Waals surface area contributed by atoms with Gasteiger partial charge in [-0.3, -0.25) is 4.90 Å². The Hall–Kier alpha value is -0.320. The lowest BCUT2D eigenvalue weighted by Gasteiger charge is -2.44. The molecule has 1 aliphatic rings. The van der Waals surface area contributed by atoms with Gasteiger partial charge < -0.3 is 34.3 Å². The highest BCUT2D eigenvalue weighted by Gasteiger charge is 2.41. The second-order valence-electron chi connectivity index (χ2n) is 5.22. The highest BCUT2D eigenvalue weighted by atomic mass is 16.5. The summed E-state index contributed by atoms with van der Waals surface area (Å²) in [5.74, 6) is 0. The Labute approximate surface area is 131 Å². The van der Waals surface area contributed by atoms with Gasteiger partial charge in [0.05, 0.1) is 51.8 Å². The fourth-order valence-electron chi connectivity index (χ4n) is 2.57. The molecule has 22 heavy (non-hydrogen) atoms. The van der Waals surface area contributed by atoms with Crippen LogP contribution in [0.1, 0.15) is 0 Å². The van der Waals surface area contributed by atoms with E-state index in [1.165, 1.54) is 7.11 Å². The predicted molar refractivity (Wildman–Crippen MR) is 78.8 cm³/mol. The van der Waals surface area contributed by atoms with Crippen molar-refractivity contribution in [3.05, 3.63) is 0 Å². The molecule has 0 radical (unpaired) electrons. The van der Waals surface area contributed by atoms with Crippen molar-refractivity contribution >= 4 is 0 Å². The molecule has 0 amide bonds. The molecule has 1 saturated heterocycles. The smallest absolute Gasteiger partial charge is 0.112 e. The third-order valence-corrected chi connectivity index (χ3v) is 3.79. The van der Waals surface area contributed by atoms with E-state index in [0.717, 1.165) is 0 Å². The Morgan fingerprint density at radius 3 is 2.23 bits per heavy atom. The molecular formula is C14H29NO7. The van der Waals surface area contributed by atoms with E-state index in [1.807, 2.05) is 4.90 Å². The molecule has 0 aliphatic carbocycles. The van der Waals surface area contributed by atoms with Gasteiger partial charge in [-0.15, -0.1) is 0 Å². The zero-order valence-corrected chi connectivity index (χ0v) is 13.4. The van der Waals surface area contributed by atoms with Gasteiger partial charge in [0, 0.05) is 27.3 Å². The Bertz CT molecular complexity index is 282. The van der Waals surface area contributed by atoms with Crippen LogP contribution in [0.4, 0.5) is 0 Å². The van der Waals surface area contributed by atoms with Crippen LogP contribution in [0.25, 0.3) is 0 Å². The fourth-order valence-corrected chi connectivity index (χ4v) is 2.57. The number of aliphatic hydroxyl groups excluding tert-OH is 3. The molecule has 1 heterocycles. The first-order valence-corrected chi connectivity index (χ1v) is 7.54. The van der Waals surface area contributed by atoms with Gasteiger partial charge >= 0.3 is 0 Å². The zero-order valence-electron chi connectivity index (χ0n) is 13.4. The zero-order chi connectivity index (χ0) is 16.4. The third kappa shape index (κ3) is 6.05. The predicted octanol–water partition coefficient (Wildman–Crippen LogP) is -1.92. The first kappa shape index (κ1) is 19.7. The number of nitrogens with zero attached hydrogens (tertiary/aromatic N) is 1. The molecule has 1 fully saturated rings. The first-order chi connectivity index (χ1) is 10.7. The Morgan fingerprint density at radius 2 is 1.64 bits per heavy atom. The number of hydrogen-bond acceptors (Lipinski definition) is 8. The summed E-state index contributed by atoms with van der Waals surface area (Å²) in [4.78, 5) is 1.82. The lowest BCUT2D eigenvalue weighted by Crippen LogP contribution is -2.63. The van der Waals surface area contributed by atoms with Crippen LogP contribution in [0, 0.1) is 0 Å². The van der Waals surface area contributed by atoms with Crippen molar-refractivity contribution in [1.82, 2.24) is 4.90 Å². The van der Waals surface area contributed by atoms with Crippen molar-refractivity contribution in [2.45, 2.75) is 24.4 Å². The normalized spacial score (nSPS) is 29.9. The molecule has 0 aromatic heterocycles. The van der Waals surface area contributed by atoms with E-state index >= 15 is 0 Å². The van der Waals surface area contributed by atoms with Gasteiger partial charge in [-0.2, -0.15) is 0 Å². The van der Waals surface area contributed by atoms with E-state index in [2.05, 4.69) is 0 Å². The van der Waals surface area contributed by atoms with E-state index in [1.54, 1.807) is 7.11 Å². The molecule has 3 N–H and O–H groups in total. The molecule has 1 aliphatic heterocycles. The van der Waals surface area contributed by atoms with Crippen LogP contribution in [0.5, 0.6) is 0 Å². The summed E-state index contributed by atoms with van der Waals surface area (Å²) in [6.45, 7) is 3.12. The largest absolute Gasteiger partial charge is 0.395 e. The second kappa shape index (κ2) is 11.3. The highest BCUT2D eigenvalue weighted by molar-refractivity contribution is 4.94. The molecule has 0 saturated carbocycles. The topological polar surface area (TPSA) is 101 Å². The Morgan fingerprint density at radius 1 is 1.00 bits per heavy atom. The maximum Gasteiger partial charge on any atom is 0.112 e. The van der Waals surface area contributed by atoms with Crippen LogP contribution < -0.4 is 0 Å². The molecule has 0 aromatic carbocycles. The van der Waals surface area contributed by atoms with E-state index in [-0.39, 0.29) is 6.61 Å². The molecule has 1 rings (SSSR count). The summed E-state index contributed by atoms with van der Waals surface area (Å²) in [6.07, 6.45) is -2.40. The van der Waals surface area contributed by atoms with Gasteiger partial charge in [0.25, 0.3) is 0 Å². The van der Waals surface area contributed by atoms with Gasteiger partial charge in [-0.1, -0.05) is 0 Å². The quantitative estimate of drug-likeness (QED) is 0.378. The van der Waals surface area contributed by atoms with Crippen LogP contribution in [-0.4, -0.2) is 112 Å². The first-order valence-electron chi connectivity index (χ1n) is 7.54. The fraction of sp³-hybridized carbons (Fsp3) is 1.00. The average molecular weight is 323 g/mol. The molecule has 0 unspecified atom stereocenters. The van der Waals surface area contributed by atoms with Crippen molar-refractivity contribution < 1.29 is 34.3 Å². The lowest BCUT2D eigenvalue weighted by molar-refractivity contribution is -0.159. The molecule has 0 spiro atoms. The number of ether oxygens (including phenoxy) is 4. The van der Waals surface area contributed by atoms with Gasteiger partial charge in [0.1, 0.15) is 12.2 Å².